The number of benzene rings is 2. The Labute approximate surface area is 147 Å². The summed E-state index contributed by atoms with van der Waals surface area (Å²) in [4.78, 5) is 11.8. The molecule has 0 aromatic heterocycles. The molecule has 1 amide bonds. The van der Waals surface area contributed by atoms with Crippen molar-refractivity contribution in [2.45, 2.75) is 18.1 Å². The zero-order valence-corrected chi connectivity index (χ0v) is 14.2. The van der Waals surface area contributed by atoms with Crippen LogP contribution in [0.4, 0.5) is 8.78 Å². The van der Waals surface area contributed by atoms with Crippen LogP contribution in [0.2, 0.25) is 5.02 Å². The third-order valence-electron chi connectivity index (χ3n) is 3.10. The molecule has 25 heavy (non-hydrogen) atoms. The lowest BCUT2D eigenvalue weighted by Gasteiger charge is -2.09. The fourth-order valence-corrected chi connectivity index (χ4v) is 3.01. The first kappa shape index (κ1) is 19.1. The van der Waals surface area contributed by atoms with Crippen molar-refractivity contribution in [3.8, 4) is 5.75 Å². The average molecular weight is 391 g/mol. The number of nitrogens with two attached hydrogens (primary N) is 1. The second-order valence-electron chi connectivity index (χ2n) is 4.90. The van der Waals surface area contributed by atoms with Gasteiger partial charge < -0.3 is 10.1 Å². The van der Waals surface area contributed by atoms with Gasteiger partial charge in [-0.1, -0.05) is 23.7 Å². The van der Waals surface area contributed by atoms with Crippen molar-refractivity contribution in [3.63, 3.8) is 0 Å². The molecular formula is C15H13ClF2N2O4S. The second kappa shape index (κ2) is 7.77. The topological polar surface area (TPSA) is 98.5 Å². The number of carbonyl (C=O) groups is 1. The van der Waals surface area contributed by atoms with E-state index in [9.17, 15) is 22.0 Å². The Hall–Kier alpha value is -2.23. The van der Waals surface area contributed by atoms with Gasteiger partial charge in [0.2, 0.25) is 10.0 Å². The highest BCUT2D eigenvalue weighted by Crippen LogP contribution is 2.21. The van der Waals surface area contributed by atoms with Gasteiger partial charge in [-0.15, -0.1) is 0 Å². The molecular weight excluding hydrogens is 378 g/mol. The lowest BCUT2D eigenvalue weighted by molar-refractivity contribution is -0.0498. The minimum atomic E-state index is -4.06. The molecule has 0 unspecified atom stereocenters. The summed E-state index contributed by atoms with van der Waals surface area (Å²) >= 11 is 5.75. The zero-order valence-electron chi connectivity index (χ0n) is 12.6. The molecule has 2 aromatic rings. The number of sulfonamides is 1. The van der Waals surface area contributed by atoms with E-state index < -0.39 is 22.5 Å². The number of halogens is 3. The number of alkyl halides is 2. The van der Waals surface area contributed by atoms with Gasteiger partial charge >= 0.3 is 6.61 Å². The monoisotopic (exact) mass is 390 g/mol. The van der Waals surface area contributed by atoms with Crippen molar-refractivity contribution in [2.24, 2.45) is 5.14 Å². The van der Waals surface area contributed by atoms with Gasteiger partial charge in [-0.3, -0.25) is 4.79 Å². The molecule has 0 radical (unpaired) electrons. The van der Waals surface area contributed by atoms with Crippen LogP contribution in [-0.2, 0) is 16.6 Å². The van der Waals surface area contributed by atoms with Crippen LogP contribution in [0.5, 0.6) is 5.75 Å². The van der Waals surface area contributed by atoms with E-state index >= 15 is 0 Å². The molecule has 6 nitrogen and oxygen atoms in total. The van der Waals surface area contributed by atoms with E-state index in [2.05, 4.69) is 10.1 Å². The first-order valence-corrected chi connectivity index (χ1v) is 8.73. The molecule has 0 aliphatic heterocycles. The molecule has 2 rings (SSSR count). The van der Waals surface area contributed by atoms with E-state index in [1.165, 1.54) is 36.4 Å². The third-order valence-corrected chi connectivity index (χ3v) is 4.49. The summed E-state index contributed by atoms with van der Waals surface area (Å²) in [6.07, 6.45) is 0. The van der Waals surface area contributed by atoms with Crippen LogP contribution in [0, 0.1) is 0 Å². The van der Waals surface area contributed by atoms with Crippen LogP contribution < -0.4 is 15.2 Å². The Kier molecular flexibility index (Phi) is 5.93. The molecule has 3 N–H and O–H groups in total. The molecule has 0 saturated heterocycles. The normalized spacial score (nSPS) is 11.4. The number of nitrogens with one attached hydrogen (secondary N) is 1. The maximum absolute atomic E-state index is 12.1. The molecule has 2 aromatic carbocycles. The van der Waals surface area contributed by atoms with Crippen molar-refractivity contribution in [2.75, 3.05) is 0 Å². The van der Waals surface area contributed by atoms with Crippen molar-refractivity contribution in [1.82, 2.24) is 5.32 Å². The summed E-state index contributed by atoms with van der Waals surface area (Å²) in [6.45, 7) is -2.82. The molecule has 0 fully saturated rings. The van der Waals surface area contributed by atoms with Crippen LogP contribution in [0.15, 0.2) is 47.4 Å². The van der Waals surface area contributed by atoms with Crippen LogP contribution in [-0.4, -0.2) is 20.9 Å². The maximum atomic E-state index is 12.1. The Bertz CT molecular complexity index is 874. The van der Waals surface area contributed by atoms with Gasteiger partial charge in [0.05, 0.1) is 5.02 Å². The number of carbonyl (C=O) groups excluding carboxylic acids is 1. The smallest absolute Gasteiger partial charge is 0.387 e. The van der Waals surface area contributed by atoms with E-state index in [0.717, 1.165) is 6.07 Å². The van der Waals surface area contributed by atoms with Crippen LogP contribution in [0.1, 0.15) is 15.9 Å². The quantitative estimate of drug-likeness (QED) is 0.791. The van der Waals surface area contributed by atoms with E-state index in [1.807, 2.05) is 0 Å². The first-order valence-electron chi connectivity index (χ1n) is 6.81. The number of ether oxygens (including phenoxy) is 1. The molecule has 0 heterocycles. The molecule has 0 spiro atoms. The average Bonchev–Trinajstić information content (AvgIpc) is 2.52. The summed E-state index contributed by atoms with van der Waals surface area (Å²) in [6, 6.07) is 9.39. The second-order valence-corrected chi connectivity index (χ2v) is 6.83. The van der Waals surface area contributed by atoms with Gasteiger partial charge in [0.15, 0.2) is 0 Å². The maximum Gasteiger partial charge on any atom is 0.387 e. The standard InChI is InChI=1S/C15H13ClF2N2O4S/c16-12-6-3-10(7-13(12)25(19,22)23)14(21)20-8-9-1-4-11(5-2-9)24-15(17)18/h1-7,15H,8H2,(H,20,21)(H2,19,22,23). The van der Waals surface area contributed by atoms with Crippen LogP contribution >= 0.6 is 11.6 Å². The summed E-state index contributed by atoms with van der Waals surface area (Å²) in [5, 5.41) is 7.51. The summed E-state index contributed by atoms with van der Waals surface area (Å²) in [5.41, 5.74) is 0.696. The number of primary sulfonamides is 1. The fourth-order valence-electron chi connectivity index (χ4n) is 1.94. The molecule has 0 saturated carbocycles. The highest BCUT2D eigenvalue weighted by Gasteiger charge is 2.16. The summed E-state index contributed by atoms with van der Waals surface area (Å²) in [7, 11) is -4.06. The summed E-state index contributed by atoms with van der Waals surface area (Å²) in [5.74, 6) is -0.546. The minimum Gasteiger partial charge on any atom is -0.435 e. The van der Waals surface area contributed by atoms with Gasteiger partial charge in [0.1, 0.15) is 10.6 Å². The van der Waals surface area contributed by atoms with Gasteiger partial charge in [0.25, 0.3) is 5.91 Å². The van der Waals surface area contributed by atoms with E-state index in [0.29, 0.717) is 5.56 Å². The lowest BCUT2D eigenvalue weighted by Crippen LogP contribution is -2.23. The van der Waals surface area contributed by atoms with Crippen molar-refractivity contribution >= 4 is 27.5 Å². The van der Waals surface area contributed by atoms with Crippen molar-refractivity contribution in [3.05, 3.63) is 58.6 Å². The number of hydrogen-bond donors (Lipinski definition) is 2. The van der Waals surface area contributed by atoms with Crippen molar-refractivity contribution < 1.29 is 26.7 Å². The molecule has 10 heteroatoms. The minimum absolute atomic E-state index is 0.000530. The third kappa shape index (κ3) is 5.38. The first-order chi connectivity index (χ1) is 11.7. The number of hydrogen-bond acceptors (Lipinski definition) is 4. The zero-order chi connectivity index (χ0) is 18.6. The Morgan fingerprint density at radius 2 is 1.84 bits per heavy atom. The van der Waals surface area contributed by atoms with Gasteiger partial charge in [-0.25, -0.2) is 13.6 Å². The number of amides is 1. The highest BCUT2D eigenvalue weighted by atomic mass is 35.5. The Morgan fingerprint density at radius 3 is 2.40 bits per heavy atom. The van der Waals surface area contributed by atoms with Crippen LogP contribution in [0.3, 0.4) is 0 Å². The highest BCUT2D eigenvalue weighted by molar-refractivity contribution is 7.89. The fraction of sp³-hybridized carbons (Fsp3) is 0.133. The van der Waals surface area contributed by atoms with E-state index in [1.54, 1.807) is 0 Å². The molecule has 0 bridgehead atoms. The molecule has 0 atom stereocenters. The summed E-state index contributed by atoms with van der Waals surface area (Å²) < 4.78 is 51.2. The predicted molar refractivity (Wildman–Crippen MR) is 87.1 cm³/mol. The molecule has 134 valence electrons. The van der Waals surface area contributed by atoms with E-state index in [-0.39, 0.29) is 27.8 Å². The Balaban J connectivity index is 2.05. The SMILES string of the molecule is NS(=O)(=O)c1cc(C(=O)NCc2ccc(OC(F)F)cc2)ccc1Cl. The molecule has 0 aliphatic rings. The number of rotatable bonds is 6. The van der Waals surface area contributed by atoms with Gasteiger partial charge in [-0.05, 0) is 35.9 Å². The van der Waals surface area contributed by atoms with Gasteiger partial charge in [0, 0.05) is 12.1 Å². The largest absolute Gasteiger partial charge is 0.435 e. The molecule has 0 aliphatic carbocycles. The van der Waals surface area contributed by atoms with Crippen molar-refractivity contribution in [1.29, 1.82) is 0 Å². The Morgan fingerprint density at radius 1 is 1.20 bits per heavy atom. The predicted octanol–water partition coefficient (Wildman–Crippen LogP) is 2.52. The van der Waals surface area contributed by atoms with E-state index in [4.69, 9.17) is 16.7 Å². The van der Waals surface area contributed by atoms with Gasteiger partial charge in [-0.2, -0.15) is 8.78 Å². The lowest BCUT2D eigenvalue weighted by atomic mass is 10.2. The van der Waals surface area contributed by atoms with Crippen LogP contribution in [0.25, 0.3) is 0 Å².